The minimum atomic E-state index is -3.76. The maximum Gasteiger partial charge on any atom is -1.00 e. The molecule has 31 heavy (non-hydrogen) atoms. The third-order valence-electron chi connectivity index (χ3n) is 4.81. The minimum Gasteiger partial charge on any atom is -1.00 e. The molecule has 0 fully saturated rings. The number of allylic oxidation sites excluding steroid dienone is 8. The molecule has 3 rings (SSSR count). The van der Waals surface area contributed by atoms with Gasteiger partial charge in [0.15, 0.2) is 0 Å². The van der Waals surface area contributed by atoms with Gasteiger partial charge in [-0.25, -0.2) is 0 Å². The summed E-state index contributed by atoms with van der Waals surface area (Å²) >= 11 is -1.42. The second-order valence-electron chi connectivity index (χ2n) is 6.98. The quantitative estimate of drug-likeness (QED) is 0.388. The summed E-state index contributed by atoms with van der Waals surface area (Å²) in [5.74, 6) is -5.52. The van der Waals surface area contributed by atoms with Crippen LogP contribution in [0.4, 0.5) is 22.0 Å². The summed E-state index contributed by atoms with van der Waals surface area (Å²) in [7, 11) is 0. The van der Waals surface area contributed by atoms with Gasteiger partial charge in [-0.3, -0.25) is 0 Å². The second kappa shape index (κ2) is 12.2. The molecule has 0 spiro atoms. The van der Waals surface area contributed by atoms with E-state index in [0.717, 1.165) is 30.4 Å². The standard InChI is InChI=1S/C11H6F5.C11H16O.2ClH.Ti/c12-7-6(5-3-1-2-4-5)8(13)10(15)11(16)9(7)14;1-3-4-5-10-8-9(2)6-7-11(10)12;;;/h1,3,7,9H,2H2;6-8,12H,3-5H2,1-2H3;2*1H;/q;;;;+3/p-3/i7T;;;;. The molecule has 2 atom stereocenters. The molecule has 0 aliphatic heterocycles. The molecule has 2 unspecified atom stereocenters. The molecule has 0 saturated heterocycles. The zero-order valence-electron chi connectivity index (χ0n) is 17.8. The molecule has 9 heteroatoms. The Morgan fingerprint density at radius 3 is 2.55 bits per heavy atom. The van der Waals surface area contributed by atoms with Gasteiger partial charge in [-0.2, -0.15) is 0 Å². The third kappa shape index (κ3) is 6.04. The third-order valence-corrected chi connectivity index (χ3v) is 6.43. The van der Waals surface area contributed by atoms with E-state index < -0.39 is 54.9 Å². The van der Waals surface area contributed by atoms with Crippen molar-refractivity contribution < 1.29 is 71.0 Å². The predicted octanol–water partition coefficient (Wildman–Crippen LogP) is 1.000. The number of alkyl halides is 2. The summed E-state index contributed by atoms with van der Waals surface area (Å²) in [5, 5.41) is 0. The van der Waals surface area contributed by atoms with Crippen LogP contribution >= 0.6 is 0 Å². The van der Waals surface area contributed by atoms with Crippen molar-refractivity contribution in [1.82, 2.24) is 0 Å². The molecule has 1 aromatic carbocycles. The van der Waals surface area contributed by atoms with Crippen molar-refractivity contribution in [2.75, 3.05) is 0 Å². The van der Waals surface area contributed by atoms with E-state index in [9.17, 15) is 22.0 Å². The van der Waals surface area contributed by atoms with Crippen molar-refractivity contribution in [3.8, 4) is 5.75 Å². The van der Waals surface area contributed by atoms with Gasteiger partial charge in [0.1, 0.15) is 0 Å². The topological polar surface area (TPSA) is 9.23 Å². The average molecular weight is 517 g/mol. The fraction of sp³-hybridized carbons (Fsp3) is 0.364. The van der Waals surface area contributed by atoms with Crippen LogP contribution in [0.2, 0.25) is 0 Å². The monoisotopic (exact) mass is 516 g/mol. The van der Waals surface area contributed by atoms with E-state index in [1.165, 1.54) is 6.08 Å². The number of hydrogen-bond donors (Lipinski definition) is 0. The summed E-state index contributed by atoms with van der Waals surface area (Å²) in [6, 6.07) is 5.76. The Labute approximate surface area is 202 Å². The Kier molecular flexibility index (Phi) is 10.3. The van der Waals surface area contributed by atoms with E-state index in [1.54, 1.807) is 6.08 Å². The first-order valence-corrected chi connectivity index (χ1v) is 10.8. The fourth-order valence-corrected chi connectivity index (χ4v) is 4.72. The summed E-state index contributed by atoms with van der Waals surface area (Å²) in [6.45, 7) is 4.05. The van der Waals surface area contributed by atoms with E-state index in [4.69, 9.17) is 4.69 Å². The maximum absolute atomic E-state index is 14.7. The number of hydrogen-bond acceptors (Lipinski definition) is 1. The van der Waals surface area contributed by atoms with Crippen LogP contribution in [0.5, 0.6) is 5.75 Å². The van der Waals surface area contributed by atoms with Crippen LogP contribution in [-0.2, 0) is 26.0 Å². The minimum absolute atomic E-state index is 0. The van der Waals surface area contributed by atoms with Crippen LogP contribution in [0.25, 0.3) is 0 Å². The van der Waals surface area contributed by atoms with E-state index in [2.05, 4.69) is 6.92 Å². The van der Waals surface area contributed by atoms with E-state index >= 15 is 0 Å². The smallest absolute Gasteiger partial charge is 1.00 e. The molecule has 0 N–H and O–H groups in total. The van der Waals surface area contributed by atoms with Gasteiger partial charge in [0.25, 0.3) is 0 Å². The van der Waals surface area contributed by atoms with E-state index in [0.29, 0.717) is 16.0 Å². The molecule has 2 aliphatic rings. The van der Waals surface area contributed by atoms with Crippen LogP contribution in [0.1, 0.15) is 38.7 Å². The maximum atomic E-state index is 14.7. The molecule has 0 bridgehead atoms. The van der Waals surface area contributed by atoms with Crippen molar-refractivity contribution >= 4 is 0 Å². The van der Waals surface area contributed by atoms with Crippen molar-refractivity contribution in [2.24, 2.45) is 0 Å². The zero-order chi connectivity index (χ0) is 22.1. The SMILES string of the molecule is [3H]C1(F)C(C2=[C]([Ti+2][O]c3ccc(C)cc3CCCC)CC=C2)=C(F)C(F)=C(F)C1F.[Cl-].[Cl-]. The molecule has 0 aromatic heterocycles. The molecule has 0 heterocycles. The number of aryl methyl sites for hydroxylation is 2. The predicted molar refractivity (Wildman–Crippen MR) is 98.4 cm³/mol. The van der Waals surface area contributed by atoms with Gasteiger partial charge in [-0.05, 0) is 0 Å². The van der Waals surface area contributed by atoms with Crippen LogP contribution < -0.4 is 28.1 Å². The van der Waals surface area contributed by atoms with Gasteiger partial charge >= 0.3 is 178 Å². The van der Waals surface area contributed by atoms with Crippen molar-refractivity contribution in [3.63, 3.8) is 0 Å². The first-order valence-electron chi connectivity index (χ1n) is 9.89. The normalized spacial score (nSPS) is 23.3. The Balaban J connectivity index is 0.00000256. The van der Waals surface area contributed by atoms with Crippen LogP contribution in [0.3, 0.4) is 0 Å². The van der Waals surface area contributed by atoms with Crippen LogP contribution in [0, 0.1) is 6.92 Å². The molecule has 0 radical (unpaired) electrons. The Hall–Kier alpha value is -1.08. The first-order chi connectivity index (χ1) is 14.2. The molecule has 0 amide bonds. The van der Waals surface area contributed by atoms with Crippen LogP contribution in [-0.4, -0.2) is 12.3 Å². The summed E-state index contributed by atoms with van der Waals surface area (Å²) in [6.07, 6.45) is -0.984. The first kappa shape index (κ1) is 26.2. The van der Waals surface area contributed by atoms with Crippen molar-refractivity contribution in [3.05, 3.63) is 74.0 Å². The number of unbranched alkanes of at least 4 members (excludes halogenated alkanes) is 1. The number of halogens is 7. The van der Waals surface area contributed by atoms with Crippen LogP contribution in [0.15, 0.2) is 62.9 Å². The van der Waals surface area contributed by atoms with Gasteiger partial charge in [-0.1, -0.05) is 0 Å². The zero-order valence-corrected chi connectivity index (χ0v) is 19.9. The number of rotatable bonds is 7. The Morgan fingerprint density at radius 2 is 1.87 bits per heavy atom. The van der Waals surface area contributed by atoms with Gasteiger partial charge < -0.3 is 24.8 Å². The molecule has 1 aromatic rings. The Bertz CT molecular complexity index is 975. The molecule has 168 valence electrons. The van der Waals surface area contributed by atoms with Gasteiger partial charge in [0, 0.05) is 0 Å². The molecular weight excluding hydrogens is 494 g/mol. The summed E-state index contributed by atoms with van der Waals surface area (Å²) < 4.78 is 84.3. The van der Waals surface area contributed by atoms with E-state index in [-0.39, 0.29) is 30.4 Å². The second-order valence-corrected chi connectivity index (χ2v) is 8.56. The van der Waals surface area contributed by atoms with Crippen molar-refractivity contribution in [2.45, 2.75) is 51.9 Å². The molecule has 1 nitrogen and oxygen atoms in total. The largest absolute Gasteiger partial charge is 1.00 e. The number of benzene rings is 1. The average Bonchev–Trinajstić information content (AvgIpc) is 3.16. The van der Waals surface area contributed by atoms with Gasteiger partial charge in [0.05, 0.1) is 0 Å². The summed E-state index contributed by atoms with van der Waals surface area (Å²) in [5.41, 5.74) is 0.884. The molecule has 0 saturated carbocycles. The van der Waals surface area contributed by atoms with Crippen molar-refractivity contribution in [1.29, 1.82) is 0 Å². The Morgan fingerprint density at radius 1 is 1.16 bits per heavy atom. The van der Waals surface area contributed by atoms with Gasteiger partial charge in [-0.15, -0.1) is 0 Å². The molecular formula is C22H21Cl2F5OTi. The molecule has 2 aliphatic carbocycles. The van der Waals surface area contributed by atoms with Gasteiger partial charge in [0.2, 0.25) is 0 Å². The summed E-state index contributed by atoms with van der Waals surface area (Å²) in [4.78, 5) is 0. The van der Waals surface area contributed by atoms with E-state index in [1.807, 2.05) is 25.1 Å². The fourth-order valence-electron chi connectivity index (χ4n) is 3.24.